The molecule has 5 heteroatoms. The standard InChI is InChI=1S/C8H12O4.C4H8O/c1-3-11-7(9)5-6-8(10)12-4-2;1-3-4(2)5/h5-6H,3-4H2,1-2H3;3H2,1-2H3/b6-5-;. The Bertz CT molecular complexity index is 248. The molecule has 0 saturated heterocycles. The van der Waals surface area contributed by atoms with Gasteiger partial charge in [-0.05, 0) is 20.8 Å². The largest absolute Gasteiger partial charge is 0.463 e. The van der Waals surface area contributed by atoms with Crippen LogP contribution in [-0.4, -0.2) is 30.9 Å². The van der Waals surface area contributed by atoms with E-state index in [1.807, 2.05) is 6.92 Å². The summed E-state index contributed by atoms with van der Waals surface area (Å²) in [7, 11) is 0. The van der Waals surface area contributed by atoms with Crippen molar-refractivity contribution in [1.82, 2.24) is 0 Å². The molecule has 98 valence electrons. The number of hydrogen-bond donors (Lipinski definition) is 0. The Hall–Kier alpha value is -1.65. The molecular formula is C12H20O5. The highest BCUT2D eigenvalue weighted by molar-refractivity contribution is 5.91. The van der Waals surface area contributed by atoms with Crippen molar-refractivity contribution >= 4 is 17.7 Å². The van der Waals surface area contributed by atoms with Gasteiger partial charge in [-0.1, -0.05) is 6.92 Å². The predicted molar refractivity (Wildman–Crippen MR) is 63.4 cm³/mol. The van der Waals surface area contributed by atoms with Crippen molar-refractivity contribution < 1.29 is 23.9 Å². The van der Waals surface area contributed by atoms with Gasteiger partial charge in [-0.25, -0.2) is 9.59 Å². The van der Waals surface area contributed by atoms with Gasteiger partial charge >= 0.3 is 11.9 Å². The Labute approximate surface area is 102 Å². The zero-order valence-electron chi connectivity index (χ0n) is 10.8. The fraction of sp³-hybridized carbons (Fsp3) is 0.583. The van der Waals surface area contributed by atoms with Crippen molar-refractivity contribution in [3.8, 4) is 0 Å². The number of carbonyl (C=O) groups excluding carboxylic acids is 3. The maximum absolute atomic E-state index is 10.6. The lowest BCUT2D eigenvalue weighted by atomic mass is 10.4. The molecular weight excluding hydrogens is 224 g/mol. The predicted octanol–water partition coefficient (Wildman–Crippen LogP) is 1.65. The first kappa shape index (κ1) is 17.7. The van der Waals surface area contributed by atoms with E-state index in [4.69, 9.17) is 0 Å². The van der Waals surface area contributed by atoms with Crippen LogP contribution in [-0.2, 0) is 23.9 Å². The van der Waals surface area contributed by atoms with E-state index in [2.05, 4.69) is 9.47 Å². The molecule has 17 heavy (non-hydrogen) atoms. The average molecular weight is 244 g/mol. The van der Waals surface area contributed by atoms with Gasteiger partial charge < -0.3 is 14.3 Å². The molecule has 0 bridgehead atoms. The molecule has 0 aromatic rings. The lowest BCUT2D eigenvalue weighted by Gasteiger charge is -1.95. The Morgan fingerprint density at radius 2 is 1.18 bits per heavy atom. The summed E-state index contributed by atoms with van der Waals surface area (Å²) in [6.45, 7) is 7.41. The number of esters is 2. The fourth-order valence-corrected chi connectivity index (χ4v) is 0.517. The van der Waals surface area contributed by atoms with Crippen molar-refractivity contribution in [2.75, 3.05) is 13.2 Å². The van der Waals surface area contributed by atoms with Crippen LogP contribution in [0.2, 0.25) is 0 Å². The van der Waals surface area contributed by atoms with Gasteiger partial charge in [-0.3, -0.25) is 0 Å². The highest BCUT2D eigenvalue weighted by Gasteiger charge is 1.97. The van der Waals surface area contributed by atoms with Crippen molar-refractivity contribution in [2.24, 2.45) is 0 Å². The number of hydrogen-bond acceptors (Lipinski definition) is 5. The van der Waals surface area contributed by atoms with E-state index in [1.165, 1.54) is 0 Å². The van der Waals surface area contributed by atoms with Crippen LogP contribution >= 0.6 is 0 Å². The van der Waals surface area contributed by atoms with Crippen LogP contribution in [0.4, 0.5) is 0 Å². The van der Waals surface area contributed by atoms with Crippen LogP contribution in [0.5, 0.6) is 0 Å². The van der Waals surface area contributed by atoms with Crippen LogP contribution < -0.4 is 0 Å². The van der Waals surface area contributed by atoms with E-state index in [9.17, 15) is 14.4 Å². The van der Waals surface area contributed by atoms with Crippen molar-refractivity contribution in [1.29, 1.82) is 0 Å². The van der Waals surface area contributed by atoms with Crippen LogP contribution in [0.15, 0.2) is 12.2 Å². The van der Waals surface area contributed by atoms with Gasteiger partial charge in [-0.2, -0.15) is 0 Å². The van der Waals surface area contributed by atoms with Gasteiger partial charge in [0.15, 0.2) is 0 Å². The Kier molecular flexibility index (Phi) is 13.0. The smallest absolute Gasteiger partial charge is 0.330 e. The second kappa shape index (κ2) is 12.4. The molecule has 0 saturated carbocycles. The van der Waals surface area contributed by atoms with E-state index in [1.54, 1.807) is 20.8 Å². The molecule has 0 aliphatic rings. The summed E-state index contributed by atoms with van der Waals surface area (Å²) in [5, 5.41) is 0. The van der Waals surface area contributed by atoms with E-state index < -0.39 is 11.9 Å². The van der Waals surface area contributed by atoms with E-state index in [0.29, 0.717) is 19.6 Å². The Morgan fingerprint density at radius 1 is 0.882 bits per heavy atom. The highest BCUT2D eigenvalue weighted by atomic mass is 16.5. The lowest BCUT2D eigenvalue weighted by molar-refractivity contribution is -0.140. The molecule has 0 spiro atoms. The quantitative estimate of drug-likeness (QED) is 0.543. The highest BCUT2D eigenvalue weighted by Crippen LogP contribution is 1.84. The summed E-state index contributed by atoms with van der Waals surface area (Å²) in [5.74, 6) is -0.818. The monoisotopic (exact) mass is 244 g/mol. The average Bonchev–Trinajstić information content (AvgIpc) is 2.28. The SMILES string of the molecule is CCC(C)=O.CCOC(=O)/C=C\C(=O)OCC. The Morgan fingerprint density at radius 3 is 1.35 bits per heavy atom. The lowest BCUT2D eigenvalue weighted by Crippen LogP contribution is -2.03. The molecule has 0 rings (SSSR count). The summed E-state index contributed by atoms with van der Waals surface area (Å²) in [4.78, 5) is 31.1. The first-order valence-corrected chi connectivity index (χ1v) is 5.48. The summed E-state index contributed by atoms with van der Waals surface area (Å²) in [6, 6.07) is 0. The molecule has 0 aliphatic heterocycles. The second-order valence-corrected chi connectivity index (χ2v) is 2.89. The van der Waals surface area contributed by atoms with Crippen molar-refractivity contribution in [3.05, 3.63) is 12.2 Å². The van der Waals surface area contributed by atoms with Crippen molar-refractivity contribution in [2.45, 2.75) is 34.1 Å². The van der Waals surface area contributed by atoms with Crippen LogP contribution in [0.1, 0.15) is 34.1 Å². The number of ketones is 1. The summed E-state index contributed by atoms with van der Waals surface area (Å²) >= 11 is 0. The molecule has 0 heterocycles. The minimum atomic E-state index is -0.537. The van der Waals surface area contributed by atoms with E-state index >= 15 is 0 Å². The summed E-state index contributed by atoms with van der Waals surface area (Å²) in [6.07, 6.45) is 2.75. The van der Waals surface area contributed by atoms with Crippen LogP contribution in [0, 0.1) is 0 Å². The molecule has 5 nitrogen and oxygen atoms in total. The van der Waals surface area contributed by atoms with E-state index in [0.717, 1.165) is 12.2 Å². The summed E-state index contributed by atoms with van der Waals surface area (Å²) < 4.78 is 9.07. The van der Waals surface area contributed by atoms with Crippen molar-refractivity contribution in [3.63, 3.8) is 0 Å². The topological polar surface area (TPSA) is 69.7 Å². The molecule has 0 unspecified atom stereocenters. The fourth-order valence-electron chi connectivity index (χ4n) is 0.517. The van der Waals surface area contributed by atoms with E-state index in [-0.39, 0.29) is 5.78 Å². The molecule has 0 fully saturated rings. The molecule has 0 aromatic carbocycles. The molecule has 0 radical (unpaired) electrons. The number of carbonyl (C=O) groups is 3. The molecule has 0 aromatic heterocycles. The minimum absolute atomic E-state index is 0.255. The first-order valence-electron chi connectivity index (χ1n) is 5.48. The zero-order chi connectivity index (χ0) is 13.7. The normalized spacial score (nSPS) is 9.18. The van der Waals surface area contributed by atoms with Gasteiger partial charge in [0.05, 0.1) is 13.2 Å². The zero-order valence-corrected chi connectivity index (χ0v) is 10.8. The molecule has 0 amide bonds. The van der Waals surface area contributed by atoms with Gasteiger partial charge in [0.2, 0.25) is 0 Å². The van der Waals surface area contributed by atoms with Gasteiger partial charge in [-0.15, -0.1) is 0 Å². The third-order valence-electron chi connectivity index (χ3n) is 1.43. The van der Waals surface area contributed by atoms with Crippen LogP contribution in [0.3, 0.4) is 0 Å². The number of ether oxygens (including phenoxy) is 2. The minimum Gasteiger partial charge on any atom is -0.463 e. The van der Waals surface area contributed by atoms with Gasteiger partial charge in [0.1, 0.15) is 5.78 Å². The van der Waals surface area contributed by atoms with Crippen LogP contribution in [0.25, 0.3) is 0 Å². The van der Waals surface area contributed by atoms with Gasteiger partial charge in [0.25, 0.3) is 0 Å². The number of rotatable bonds is 5. The maximum atomic E-state index is 10.6. The van der Waals surface area contributed by atoms with Gasteiger partial charge in [0, 0.05) is 18.6 Å². The summed E-state index contributed by atoms with van der Waals surface area (Å²) in [5.41, 5.74) is 0. The number of Topliss-reactive ketones (excluding diaryl/α,β-unsaturated/α-hetero) is 1. The molecule has 0 aliphatic carbocycles. The molecule has 0 N–H and O–H groups in total. The maximum Gasteiger partial charge on any atom is 0.330 e. The Balaban J connectivity index is 0. The first-order chi connectivity index (χ1) is 7.97. The third kappa shape index (κ3) is 17.0. The third-order valence-corrected chi connectivity index (χ3v) is 1.43. The molecule has 0 atom stereocenters. The second-order valence-electron chi connectivity index (χ2n) is 2.89.